The summed E-state index contributed by atoms with van der Waals surface area (Å²) in [5.41, 5.74) is 2.59. The maximum atomic E-state index is 6.34. The molecule has 0 saturated carbocycles. The van der Waals surface area contributed by atoms with Crippen LogP contribution in [0.1, 0.15) is 21.9 Å². The van der Waals surface area contributed by atoms with Gasteiger partial charge in [-0.3, -0.25) is 0 Å². The van der Waals surface area contributed by atoms with Gasteiger partial charge in [-0.25, -0.2) is 0 Å². The Hall–Kier alpha value is -0.540. The van der Waals surface area contributed by atoms with Crippen molar-refractivity contribution in [1.82, 2.24) is 4.90 Å². The fraction of sp³-hybridized carbons (Fsp3) is 0.286. The van der Waals surface area contributed by atoms with Crippen molar-refractivity contribution in [3.8, 4) is 0 Å². The van der Waals surface area contributed by atoms with Gasteiger partial charge in [0.15, 0.2) is 0 Å². The minimum Gasteiger partial charge on any atom is -0.300 e. The van der Waals surface area contributed by atoms with E-state index in [0.717, 1.165) is 18.1 Å². The van der Waals surface area contributed by atoms with Crippen LogP contribution in [0.5, 0.6) is 0 Å². The van der Waals surface area contributed by atoms with Crippen LogP contribution in [0.4, 0.5) is 0 Å². The molecule has 1 atom stereocenters. The summed E-state index contributed by atoms with van der Waals surface area (Å²) in [7, 11) is 2.15. The molecule has 0 saturated heterocycles. The molecule has 1 aromatic carbocycles. The van der Waals surface area contributed by atoms with E-state index in [-0.39, 0.29) is 0 Å². The number of nitrogens with zero attached hydrogens (tertiary/aromatic N) is 1. The van der Waals surface area contributed by atoms with Gasteiger partial charge in [0.2, 0.25) is 0 Å². The maximum absolute atomic E-state index is 6.34. The summed E-state index contributed by atoms with van der Waals surface area (Å²) in [5.74, 6) is 0.356. The molecule has 0 fully saturated rings. The third-order valence-corrected chi connectivity index (χ3v) is 4.88. The number of rotatable bonds is 1. The lowest BCUT2D eigenvalue weighted by atomic mass is 9.89. The van der Waals surface area contributed by atoms with E-state index in [9.17, 15) is 0 Å². The van der Waals surface area contributed by atoms with Gasteiger partial charge in [0, 0.05) is 33.9 Å². The van der Waals surface area contributed by atoms with Gasteiger partial charge in [-0.15, -0.1) is 11.3 Å². The molecule has 2 aromatic rings. The zero-order chi connectivity index (χ0) is 12.7. The zero-order valence-electron chi connectivity index (χ0n) is 9.99. The number of hydrogen-bond acceptors (Lipinski definition) is 2. The van der Waals surface area contributed by atoms with Gasteiger partial charge in [0.25, 0.3) is 0 Å². The summed E-state index contributed by atoms with van der Waals surface area (Å²) in [6.07, 6.45) is 0. The van der Waals surface area contributed by atoms with Crippen LogP contribution in [-0.4, -0.2) is 18.5 Å². The molecule has 0 bridgehead atoms. The molecule has 0 radical (unpaired) electrons. The van der Waals surface area contributed by atoms with Crippen molar-refractivity contribution in [2.24, 2.45) is 0 Å². The van der Waals surface area contributed by atoms with Crippen LogP contribution < -0.4 is 0 Å². The second-order valence-electron chi connectivity index (χ2n) is 4.71. The Kier molecular flexibility index (Phi) is 3.37. The van der Waals surface area contributed by atoms with Crippen LogP contribution in [0.15, 0.2) is 29.6 Å². The van der Waals surface area contributed by atoms with E-state index < -0.39 is 0 Å². The highest BCUT2D eigenvalue weighted by atomic mass is 35.5. The smallest absolute Gasteiger partial charge is 0.0459 e. The lowest BCUT2D eigenvalue weighted by molar-refractivity contribution is 0.299. The molecule has 1 unspecified atom stereocenters. The Morgan fingerprint density at radius 1 is 1.22 bits per heavy atom. The molecule has 1 aliphatic heterocycles. The normalized spacial score (nSPS) is 19.8. The zero-order valence-corrected chi connectivity index (χ0v) is 12.3. The van der Waals surface area contributed by atoms with Crippen LogP contribution in [-0.2, 0) is 6.54 Å². The second kappa shape index (κ2) is 4.86. The van der Waals surface area contributed by atoms with Gasteiger partial charge in [-0.05, 0) is 41.8 Å². The summed E-state index contributed by atoms with van der Waals surface area (Å²) < 4.78 is 0. The fourth-order valence-electron chi connectivity index (χ4n) is 2.56. The predicted molar refractivity (Wildman–Crippen MR) is 79.0 cm³/mol. The lowest BCUT2D eigenvalue weighted by Crippen LogP contribution is -2.29. The van der Waals surface area contributed by atoms with Crippen molar-refractivity contribution < 1.29 is 0 Å². The summed E-state index contributed by atoms with van der Waals surface area (Å²) in [5, 5.41) is 3.62. The van der Waals surface area contributed by atoms with Gasteiger partial charge in [0.1, 0.15) is 0 Å². The number of likely N-dealkylation sites (N-methyl/N-ethyl adjacent to an activating group) is 1. The van der Waals surface area contributed by atoms with E-state index in [4.69, 9.17) is 23.2 Å². The highest BCUT2D eigenvalue weighted by molar-refractivity contribution is 7.10. The maximum Gasteiger partial charge on any atom is 0.0459 e. The number of benzene rings is 1. The number of hydrogen-bond donors (Lipinski definition) is 0. The standard InChI is InChI=1S/C14H13Cl2NS/c1-17-7-12(11-4-5-18-14(11)8-17)10-3-2-9(15)6-13(10)16/h2-6,12H,7-8H2,1H3. The Morgan fingerprint density at radius 3 is 2.83 bits per heavy atom. The van der Waals surface area contributed by atoms with Gasteiger partial charge >= 0.3 is 0 Å². The molecule has 2 heterocycles. The molecule has 3 rings (SSSR count). The predicted octanol–water partition coefficient (Wildman–Crippen LogP) is 4.63. The van der Waals surface area contributed by atoms with Crippen molar-refractivity contribution >= 4 is 34.5 Å². The SMILES string of the molecule is CN1Cc2sccc2C(c2ccc(Cl)cc2Cl)C1. The minimum atomic E-state index is 0.356. The van der Waals surface area contributed by atoms with E-state index in [1.54, 1.807) is 0 Å². The first-order valence-corrected chi connectivity index (χ1v) is 7.48. The fourth-order valence-corrected chi connectivity index (χ4v) is 4.12. The van der Waals surface area contributed by atoms with E-state index >= 15 is 0 Å². The molecular weight excluding hydrogens is 285 g/mol. The highest BCUT2D eigenvalue weighted by Crippen LogP contribution is 2.39. The average molecular weight is 298 g/mol. The third kappa shape index (κ3) is 2.19. The van der Waals surface area contributed by atoms with E-state index in [1.807, 2.05) is 23.5 Å². The molecule has 0 N–H and O–H groups in total. The van der Waals surface area contributed by atoms with Crippen LogP contribution in [0.2, 0.25) is 10.0 Å². The molecule has 1 aromatic heterocycles. The van der Waals surface area contributed by atoms with Crippen LogP contribution in [0.3, 0.4) is 0 Å². The van der Waals surface area contributed by atoms with Crippen LogP contribution in [0.25, 0.3) is 0 Å². The van der Waals surface area contributed by atoms with Crippen LogP contribution >= 0.6 is 34.5 Å². The Balaban J connectivity index is 2.07. The first-order valence-electron chi connectivity index (χ1n) is 5.85. The Morgan fingerprint density at radius 2 is 2.06 bits per heavy atom. The Labute approximate surface area is 121 Å². The minimum absolute atomic E-state index is 0.356. The molecule has 4 heteroatoms. The van der Waals surface area contributed by atoms with Gasteiger partial charge in [-0.1, -0.05) is 29.3 Å². The van der Waals surface area contributed by atoms with E-state index in [2.05, 4.69) is 29.5 Å². The summed E-state index contributed by atoms with van der Waals surface area (Å²) in [4.78, 5) is 3.79. The molecule has 0 spiro atoms. The first kappa shape index (κ1) is 12.5. The molecule has 0 aliphatic carbocycles. The summed E-state index contributed by atoms with van der Waals surface area (Å²) >= 11 is 14.1. The second-order valence-corrected chi connectivity index (χ2v) is 6.56. The monoisotopic (exact) mass is 297 g/mol. The molecule has 18 heavy (non-hydrogen) atoms. The van der Waals surface area contributed by atoms with Gasteiger partial charge in [-0.2, -0.15) is 0 Å². The van der Waals surface area contributed by atoms with Crippen molar-refractivity contribution in [3.05, 3.63) is 55.7 Å². The van der Waals surface area contributed by atoms with Gasteiger partial charge in [0.05, 0.1) is 0 Å². The number of fused-ring (bicyclic) bond motifs is 1. The van der Waals surface area contributed by atoms with Gasteiger partial charge < -0.3 is 4.90 Å². The average Bonchev–Trinajstić information content (AvgIpc) is 2.76. The summed E-state index contributed by atoms with van der Waals surface area (Å²) in [6, 6.07) is 8.03. The van der Waals surface area contributed by atoms with Crippen molar-refractivity contribution in [2.75, 3.05) is 13.6 Å². The van der Waals surface area contributed by atoms with Crippen LogP contribution in [0, 0.1) is 0 Å². The molecule has 1 aliphatic rings. The van der Waals surface area contributed by atoms with E-state index in [0.29, 0.717) is 10.9 Å². The largest absolute Gasteiger partial charge is 0.300 e. The summed E-state index contributed by atoms with van der Waals surface area (Å²) in [6.45, 7) is 2.04. The van der Waals surface area contributed by atoms with E-state index in [1.165, 1.54) is 16.0 Å². The third-order valence-electron chi connectivity index (χ3n) is 3.40. The van der Waals surface area contributed by atoms with Crippen molar-refractivity contribution in [1.29, 1.82) is 0 Å². The Bertz CT molecular complexity index is 579. The first-order chi connectivity index (χ1) is 8.65. The molecular formula is C14H13Cl2NS. The molecule has 0 amide bonds. The topological polar surface area (TPSA) is 3.24 Å². The van der Waals surface area contributed by atoms with Crippen molar-refractivity contribution in [3.63, 3.8) is 0 Å². The highest BCUT2D eigenvalue weighted by Gasteiger charge is 2.27. The molecule has 1 nitrogen and oxygen atoms in total. The quantitative estimate of drug-likeness (QED) is 0.742. The number of halogens is 2. The number of thiophene rings is 1. The molecule has 94 valence electrons. The van der Waals surface area contributed by atoms with Crippen molar-refractivity contribution in [2.45, 2.75) is 12.5 Å². The lowest BCUT2D eigenvalue weighted by Gasteiger charge is -2.30.